The molecule has 0 saturated heterocycles. The van der Waals surface area contributed by atoms with Crippen LogP contribution in [0.1, 0.15) is 29.7 Å². The number of hydrogen-bond acceptors (Lipinski definition) is 1. The van der Waals surface area contributed by atoms with Gasteiger partial charge >= 0.3 is 0 Å². The van der Waals surface area contributed by atoms with Crippen LogP contribution in [0, 0.1) is 12.7 Å². The maximum atomic E-state index is 13.6. The van der Waals surface area contributed by atoms with E-state index in [9.17, 15) is 4.39 Å². The molecule has 0 aromatic heterocycles. The van der Waals surface area contributed by atoms with Gasteiger partial charge in [-0.2, -0.15) is 0 Å². The van der Waals surface area contributed by atoms with Crippen LogP contribution in [0.4, 0.5) is 4.39 Å². The molecule has 3 heteroatoms. The highest BCUT2D eigenvalue weighted by Crippen LogP contribution is 2.17. The SMILES string of the molecule is Cc1cccc([C@H](C)NCc2ccc(Cl)cc2F)c1. The number of aryl methyl sites for hydroxylation is 1. The normalized spacial score (nSPS) is 12.4. The zero-order valence-corrected chi connectivity index (χ0v) is 11.8. The predicted molar refractivity (Wildman–Crippen MR) is 77.8 cm³/mol. The van der Waals surface area contributed by atoms with E-state index < -0.39 is 0 Å². The van der Waals surface area contributed by atoms with Crippen molar-refractivity contribution in [3.05, 3.63) is 70.0 Å². The lowest BCUT2D eigenvalue weighted by atomic mass is 10.1. The molecule has 0 aliphatic heterocycles. The average Bonchev–Trinajstić information content (AvgIpc) is 2.37. The van der Waals surface area contributed by atoms with Crippen LogP contribution in [0.15, 0.2) is 42.5 Å². The van der Waals surface area contributed by atoms with E-state index in [2.05, 4.69) is 37.4 Å². The Balaban J connectivity index is 2.02. The van der Waals surface area contributed by atoms with Gasteiger partial charge in [0.1, 0.15) is 5.82 Å². The molecule has 100 valence electrons. The van der Waals surface area contributed by atoms with E-state index in [4.69, 9.17) is 11.6 Å². The summed E-state index contributed by atoms with van der Waals surface area (Å²) in [7, 11) is 0. The molecule has 0 radical (unpaired) electrons. The molecule has 0 unspecified atom stereocenters. The van der Waals surface area contributed by atoms with Gasteiger partial charge in [-0.1, -0.05) is 47.5 Å². The highest BCUT2D eigenvalue weighted by atomic mass is 35.5. The lowest BCUT2D eigenvalue weighted by Crippen LogP contribution is -2.18. The lowest BCUT2D eigenvalue weighted by molar-refractivity contribution is 0.544. The third-order valence-corrected chi connectivity index (χ3v) is 3.39. The Morgan fingerprint density at radius 1 is 1.21 bits per heavy atom. The van der Waals surface area contributed by atoms with Gasteiger partial charge in [-0.25, -0.2) is 4.39 Å². The standard InChI is InChI=1S/C16H17ClFN/c1-11-4-3-5-13(8-11)12(2)19-10-14-6-7-15(17)9-16(14)18/h3-9,12,19H,10H2,1-2H3/t12-/m0/s1. The third kappa shape index (κ3) is 3.79. The van der Waals surface area contributed by atoms with Gasteiger partial charge < -0.3 is 5.32 Å². The molecule has 0 saturated carbocycles. The molecule has 0 fully saturated rings. The zero-order chi connectivity index (χ0) is 13.8. The van der Waals surface area contributed by atoms with Gasteiger partial charge in [0.25, 0.3) is 0 Å². The first-order valence-corrected chi connectivity index (χ1v) is 6.68. The lowest BCUT2D eigenvalue weighted by Gasteiger charge is -2.15. The van der Waals surface area contributed by atoms with E-state index in [1.54, 1.807) is 12.1 Å². The van der Waals surface area contributed by atoms with Gasteiger partial charge in [-0.3, -0.25) is 0 Å². The Morgan fingerprint density at radius 2 is 2.00 bits per heavy atom. The molecule has 1 N–H and O–H groups in total. The molecule has 19 heavy (non-hydrogen) atoms. The zero-order valence-electron chi connectivity index (χ0n) is 11.1. The van der Waals surface area contributed by atoms with Crippen LogP contribution >= 0.6 is 11.6 Å². The predicted octanol–water partition coefficient (Wildman–Crippen LogP) is 4.64. The van der Waals surface area contributed by atoms with Gasteiger partial charge in [-0.15, -0.1) is 0 Å². The summed E-state index contributed by atoms with van der Waals surface area (Å²) in [5.41, 5.74) is 3.06. The van der Waals surface area contributed by atoms with Crippen LogP contribution in [0.25, 0.3) is 0 Å². The first kappa shape index (κ1) is 14.0. The number of benzene rings is 2. The maximum absolute atomic E-state index is 13.6. The van der Waals surface area contributed by atoms with Crippen LogP contribution in [0.3, 0.4) is 0 Å². The van der Waals surface area contributed by atoms with Crippen molar-refractivity contribution in [2.24, 2.45) is 0 Å². The quantitative estimate of drug-likeness (QED) is 0.858. The van der Waals surface area contributed by atoms with Crippen LogP contribution < -0.4 is 5.32 Å². The minimum Gasteiger partial charge on any atom is -0.306 e. The largest absolute Gasteiger partial charge is 0.306 e. The fourth-order valence-electron chi connectivity index (χ4n) is 1.99. The fraction of sp³-hybridized carbons (Fsp3) is 0.250. The summed E-state index contributed by atoms with van der Waals surface area (Å²) in [6.07, 6.45) is 0. The fourth-order valence-corrected chi connectivity index (χ4v) is 2.14. The Bertz CT molecular complexity index is 568. The molecule has 0 bridgehead atoms. The van der Waals surface area contributed by atoms with Crippen molar-refractivity contribution in [3.63, 3.8) is 0 Å². The topological polar surface area (TPSA) is 12.0 Å². The maximum Gasteiger partial charge on any atom is 0.129 e. The highest BCUT2D eigenvalue weighted by molar-refractivity contribution is 6.30. The molecule has 0 heterocycles. The molecule has 2 aromatic rings. The molecule has 2 rings (SSSR count). The van der Waals surface area contributed by atoms with Gasteiger partial charge in [0.05, 0.1) is 0 Å². The van der Waals surface area contributed by atoms with Crippen molar-refractivity contribution < 1.29 is 4.39 Å². The van der Waals surface area contributed by atoms with Crippen molar-refractivity contribution in [1.82, 2.24) is 5.32 Å². The second-order valence-corrected chi connectivity index (χ2v) is 5.19. The van der Waals surface area contributed by atoms with Crippen LogP contribution in [-0.2, 0) is 6.54 Å². The second-order valence-electron chi connectivity index (χ2n) is 4.75. The molecular formula is C16H17ClFN. The number of rotatable bonds is 4. The number of nitrogens with one attached hydrogen (secondary N) is 1. The summed E-state index contributed by atoms with van der Waals surface area (Å²) in [5, 5.41) is 3.74. The van der Waals surface area contributed by atoms with Gasteiger partial charge in [-0.05, 0) is 31.5 Å². The molecule has 0 spiro atoms. The van der Waals surface area contributed by atoms with Crippen molar-refractivity contribution in [1.29, 1.82) is 0 Å². The Morgan fingerprint density at radius 3 is 2.68 bits per heavy atom. The molecule has 2 aromatic carbocycles. The smallest absolute Gasteiger partial charge is 0.129 e. The summed E-state index contributed by atoms with van der Waals surface area (Å²) < 4.78 is 13.6. The summed E-state index contributed by atoms with van der Waals surface area (Å²) in [4.78, 5) is 0. The number of hydrogen-bond donors (Lipinski definition) is 1. The molecule has 0 aliphatic carbocycles. The van der Waals surface area contributed by atoms with Crippen molar-refractivity contribution >= 4 is 11.6 Å². The van der Waals surface area contributed by atoms with E-state index in [1.165, 1.54) is 17.2 Å². The minimum atomic E-state index is -0.267. The van der Waals surface area contributed by atoms with Crippen LogP contribution in [-0.4, -0.2) is 0 Å². The second kappa shape index (κ2) is 6.18. The minimum absolute atomic E-state index is 0.176. The number of halogens is 2. The molecule has 1 atom stereocenters. The Hall–Kier alpha value is -1.38. The van der Waals surface area contributed by atoms with Crippen molar-refractivity contribution in [3.8, 4) is 0 Å². The Labute approximate surface area is 118 Å². The van der Waals surface area contributed by atoms with E-state index >= 15 is 0 Å². The molecule has 0 amide bonds. The van der Waals surface area contributed by atoms with Crippen molar-refractivity contribution in [2.45, 2.75) is 26.4 Å². The molecule has 0 aliphatic rings. The van der Waals surface area contributed by atoms with Crippen molar-refractivity contribution in [2.75, 3.05) is 0 Å². The van der Waals surface area contributed by atoms with Gasteiger partial charge in [0.2, 0.25) is 0 Å². The van der Waals surface area contributed by atoms with Gasteiger partial charge in [0, 0.05) is 23.2 Å². The summed E-state index contributed by atoms with van der Waals surface area (Å²) in [6, 6.07) is 13.2. The Kier molecular flexibility index (Phi) is 4.56. The first-order chi connectivity index (χ1) is 9.06. The highest BCUT2D eigenvalue weighted by Gasteiger charge is 2.07. The van der Waals surface area contributed by atoms with Gasteiger partial charge in [0.15, 0.2) is 0 Å². The molecule has 1 nitrogen and oxygen atoms in total. The third-order valence-electron chi connectivity index (χ3n) is 3.16. The van der Waals surface area contributed by atoms with E-state index in [1.807, 2.05) is 6.07 Å². The summed E-state index contributed by atoms with van der Waals surface area (Å²) >= 11 is 5.73. The first-order valence-electron chi connectivity index (χ1n) is 6.30. The summed E-state index contributed by atoms with van der Waals surface area (Å²) in [5.74, 6) is -0.267. The van der Waals surface area contributed by atoms with E-state index in [0.29, 0.717) is 17.1 Å². The monoisotopic (exact) mass is 277 g/mol. The average molecular weight is 278 g/mol. The van der Waals surface area contributed by atoms with Crippen LogP contribution in [0.5, 0.6) is 0 Å². The van der Waals surface area contributed by atoms with E-state index in [-0.39, 0.29) is 11.9 Å². The van der Waals surface area contributed by atoms with Crippen LogP contribution in [0.2, 0.25) is 5.02 Å². The van der Waals surface area contributed by atoms with E-state index in [0.717, 1.165) is 0 Å². The summed E-state index contributed by atoms with van der Waals surface area (Å²) in [6.45, 7) is 4.62. The molecular weight excluding hydrogens is 261 g/mol.